The molecule has 0 aromatic carbocycles. The zero-order valence-corrected chi connectivity index (χ0v) is 11.1. The molecule has 0 aliphatic rings. The van der Waals surface area contributed by atoms with Crippen molar-refractivity contribution in [1.82, 2.24) is 4.98 Å². The minimum Gasteiger partial charge on any atom is -1.00 e. The molecule has 0 amide bonds. The maximum atomic E-state index is 10.4. The molecule has 1 heterocycles. The van der Waals surface area contributed by atoms with Crippen molar-refractivity contribution in [2.24, 2.45) is 0 Å². The molecular formula is C7H11N2NaO3S. The van der Waals surface area contributed by atoms with Gasteiger partial charge in [-0.15, -0.1) is 0 Å². The Morgan fingerprint density at radius 2 is 2.00 bits per heavy atom. The number of hydrogen-bond acceptors (Lipinski definition) is 3. The first-order valence-corrected chi connectivity index (χ1v) is 5.01. The summed E-state index contributed by atoms with van der Waals surface area (Å²) in [5, 5.41) is 0. The maximum Gasteiger partial charge on any atom is 1.00 e. The van der Waals surface area contributed by atoms with Crippen molar-refractivity contribution in [3.63, 3.8) is 0 Å². The number of pyridine rings is 1. The van der Waals surface area contributed by atoms with Crippen LogP contribution in [0.2, 0.25) is 0 Å². The Kier molecular flexibility index (Phi) is 5.03. The van der Waals surface area contributed by atoms with Gasteiger partial charge in [0.05, 0.1) is 0 Å². The van der Waals surface area contributed by atoms with Crippen LogP contribution >= 0.6 is 0 Å². The topological polar surface area (TPSA) is 79.3 Å². The molecule has 14 heavy (non-hydrogen) atoms. The minimum absolute atomic E-state index is 0. The van der Waals surface area contributed by atoms with Gasteiger partial charge in [0.15, 0.2) is 0 Å². The van der Waals surface area contributed by atoms with Crippen molar-refractivity contribution in [2.45, 2.75) is 13.8 Å². The number of anilines is 1. The second kappa shape index (κ2) is 5.09. The normalized spacial score (nSPS) is 10.5. The van der Waals surface area contributed by atoms with Gasteiger partial charge in [-0.25, -0.2) is 9.71 Å². The van der Waals surface area contributed by atoms with Gasteiger partial charge in [-0.05, 0) is 31.5 Å². The van der Waals surface area contributed by atoms with Gasteiger partial charge in [0.2, 0.25) is 0 Å². The first kappa shape index (κ1) is 13.9. The number of hydrogen-bond donors (Lipinski definition) is 2. The van der Waals surface area contributed by atoms with Crippen LogP contribution in [0.15, 0.2) is 12.1 Å². The van der Waals surface area contributed by atoms with Crippen LogP contribution in [-0.2, 0) is 10.3 Å². The average Bonchev–Trinajstić information content (AvgIpc) is 1.78. The van der Waals surface area contributed by atoms with Crippen molar-refractivity contribution in [2.75, 3.05) is 4.72 Å². The van der Waals surface area contributed by atoms with Gasteiger partial charge in [0.1, 0.15) is 5.82 Å². The van der Waals surface area contributed by atoms with Crippen molar-refractivity contribution in [3.05, 3.63) is 23.4 Å². The van der Waals surface area contributed by atoms with Crippen LogP contribution < -0.4 is 34.3 Å². The monoisotopic (exact) mass is 226 g/mol. The Bertz CT molecular complexity index is 404. The van der Waals surface area contributed by atoms with Crippen molar-refractivity contribution >= 4 is 16.1 Å². The zero-order chi connectivity index (χ0) is 10.1. The van der Waals surface area contributed by atoms with Crippen LogP contribution in [0, 0.1) is 13.8 Å². The third-order valence-corrected chi connectivity index (χ3v) is 1.80. The van der Waals surface area contributed by atoms with E-state index in [-0.39, 0.29) is 36.8 Å². The Balaban J connectivity index is 0. The summed E-state index contributed by atoms with van der Waals surface area (Å²) >= 11 is 0. The molecule has 0 aliphatic heterocycles. The third kappa shape index (κ3) is 4.92. The van der Waals surface area contributed by atoms with Gasteiger partial charge in [-0.3, -0.25) is 4.55 Å². The first-order chi connectivity index (χ1) is 5.87. The van der Waals surface area contributed by atoms with Gasteiger partial charge < -0.3 is 1.43 Å². The smallest absolute Gasteiger partial charge is 1.00 e. The Morgan fingerprint density at radius 1 is 1.43 bits per heavy atom. The number of aryl methyl sites for hydroxylation is 2. The number of aromatic nitrogens is 1. The van der Waals surface area contributed by atoms with Gasteiger partial charge in [-0.2, -0.15) is 8.42 Å². The molecule has 0 bridgehead atoms. The summed E-state index contributed by atoms with van der Waals surface area (Å²) in [5.41, 5.74) is 1.56. The van der Waals surface area contributed by atoms with Gasteiger partial charge in [0, 0.05) is 5.69 Å². The van der Waals surface area contributed by atoms with E-state index in [1.54, 1.807) is 13.0 Å². The van der Waals surface area contributed by atoms with E-state index in [0.29, 0.717) is 5.69 Å². The number of rotatable bonds is 2. The van der Waals surface area contributed by atoms with Crippen molar-refractivity contribution in [3.8, 4) is 0 Å². The van der Waals surface area contributed by atoms with Crippen molar-refractivity contribution < 1.29 is 44.0 Å². The molecule has 0 saturated carbocycles. The third-order valence-electron chi connectivity index (χ3n) is 1.33. The molecule has 0 atom stereocenters. The molecule has 5 nitrogen and oxygen atoms in total. The molecule has 0 fully saturated rings. The summed E-state index contributed by atoms with van der Waals surface area (Å²) in [6, 6.07) is 3.33. The van der Waals surface area contributed by atoms with E-state index in [1.165, 1.54) is 6.07 Å². The fraction of sp³-hybridized carbons (Fsp3) is 0.286. The van der Waals surface area contributed by atoms with Crippen LogP contribution in [0.25, 0.3) is 0 Å². The summed E-state index contributed by atoms with van der Waals surface area (Å²) in [5.74, 6) is 0.125. The molecule has 74 valence electrons. The maximum absolute atomic E-state index is 10.4. The van der Waals surface area contributed by atoms with E-state index in [4.69, 9.17) is 4.55 Å². The first-order valence-electron chi connectivity index (χ1n) is 3.57. The molecule has 0 radical (unpaired) electrons. The number of nitrogens with zero attached hydrogens (tertiary/aromatic N) is 1. The molecule has 0 saturated heterocycles. The molecular weight excluding hydrogens is 215 g/mol. The molecule has 1 aromatic heterocycles. The fourth-order valence-electron chi connectivity index (χ4n) is 1.03. The fourth-order valence-corrected chi connectivity index (χ4v) is 1.39. The molecule has 2 N–H and O–H groups in total. The van der Waals surface area contributed by atoms with E-state index >= 15 is 0 Å². The summed E-state index contributed by atoms with van der Waals surface area (Å²) in [6.45, 7) is 3.55. The van der Waals surface area contributed by atoms with Crippen molar-refractivity contribution in [1.29, 1.82) is 0 Å². The quantitative estimate of drug-likeness (QED) is 0.453. The van der Waals surface area contributed by atoms with Gasteiger partial charge in [-0.1, -0.05) is 0 Å². The van der Waals surface area contributed by atoms with Gasteiger partial charge >= 0.3 is 39.9 Å². The largest absolute Gasteiger partial charge is 1.00 e. The molecule has 0 aliphatic carbocycles. The number of nitrogens with one attached hydrogen (secondary N) is 1. The van der Waals surface area contributed by atoms with Crippen LogP contribution in [0.5, 0.6) is 0 Å². The predicted molar refractivity (Wildman–Crippen MR) is 50.0 cm³/mol. The molecule has 1 aromatic rings. The zero-order valence-electron chi connectivity index (χ0n) is 9.27. The standard InChI is InChI=1S/C7H10N2O3S.Na.H/c1-5-3-6(2)8-7(4-5)9-13(10,11)12;;/h3-4H,1-2H3,(H,8,9)(H,10,11,12);;/q;+1;-1. The van der Waals surface area contributed by atoms with Gasteiger partial charge in [0.25, 0.3) is 0 Å². The summed E-state index contributed by atoms with van der Waals surface area (Å²) in [6.07, 6.45) is 0. The SMILES string of the molecule is Cc1cc(C)nc(NS(=O)(=O)O)c1.[H-].[Na+]. The summed E-state index contributed by atoms with van der Waals surface area (Å²) in [4.78, 5) is 3.87. The molecule has 1 rings (SSSR count). The van der Waals surface area contributed by atoms with E-state index in [0.717, 1.165) is 5.56 Å². The second-order valence-electron chi connectivity index (χ2n) is 2.75. The Hall–Kier alpha value is -0.140. The molecule has 0 spiro atoms. The van der Waals surface area contributed by atoms with E-state index in [1.807, 2.05) is 11.6 Å². The molecule has 0 unspecified atom stereocenters. The predicted octanol–water partition coefficient (Wildman–Crippen LogP) is -1.97. The van der Waals surface area contributed by atoms with Crippen LogP contribution in [0.3, 0.4) is 0 Å². The Labute approximate surface area is 107 Å². The Morgan fingerprint density at radius 3 is 2.43 bits per heavy atom. The van der Waals surface area contributed by atoms with Crippen LogP contribution in [0.1, 0.15) is 12.7 Å². The van der Waals surface area contributed by atoms with E-state index in [2.05, 4.69) is 4.98 Å². The average molecular weight is 226 g/mol. The molecule has 7 heteroatoms. The van der Waals surface area contributed by atoms with Crippen LogP contribution in [-0.4, -0.2) is 18.0 Å². The summed E-state index contributed by atoms with van der Waals surface area (Å²) in [7, 11) is -4.22. The second-order valence-corrected chi connectivity index (χ2v) is 3.90. The van der Waals surface area contributed by atoms with E-state index in [9.17, 15) is 8.42 Å². The van der Waals surface area contributed by atoms with Crippen LogP contribution in [0.4, 0.5) is 5.82 Å². The minimum atomic E-state index is -4.22. The summed E-state index contributed by atoms with van der Waals surface area (Å²) < 4.78 is 31.2. The van der Waals surface area contributed by atoms with E-state index < -0.39 is 10.3 Å².